The van der Waals surface area contributed by atoms with Gasteiger partial charge in [-0.15, -0.1) is 0 Å². The molecule has 0 bridgehead atoms. The lowest BCUT2D eigenvalue weighted by Gasteiger charge is -2.34. The molecule has 1 aliphatic rings. The molecular formula is C23H35ClN2O3. The van der Waals surface area contributed by atoms with Crippen LogP contribution in [-0.4, -0.2) is 41.3 Å². The highest BCUT2D eigenvalue weighted by atomic mass is 35.5. The summed E-state index contributed by atoms with van der Waals surface area (Å²) in [7, 11) is 0. The summed E-state index contributed by atoms with van der Waals surface area (Å²) in [5.74, 6) is 0. The first-order chi connectivity index (χ1) is 13.6. The highest BCUT2D eigenvalue weighted by Crippen LogP contribution is 2.33. The van der Waals surface area contributed by atoms with E-state index in [0.717, 1.165) is 30.4 Å². The minimum Gasteiger partial charge on any atom is -0.444 e. The van der Waals surface area contributed by atoms with Crippen molar-refractivity contribution in [1.82, 2.24) is 10.2 Å². The molecule has 0 radical (unpaired) electrons. The molecule has 0 saturated heterocycles. The normalized spacial score (nSPS) is 14.8. The second-order valence-electron chi connectivity index (χ2n) is 8.60. The molecule has 1 unspecified atom stereocenters. The molecule has 1 aliphatic carbocycles. The minimum atomic E-state index is -0.655. The van der Waals surface area contributed by atoms with Crippen molar-refractivity contribution in [2.24, 2.45) is 0 Å². The van der Waals surface area contributed by atoms with E-state index < -0.39 is 17.8 Å². The maximum atomic E-state index is 12.0. The second kappa shape index (κ2) is 10.4. The van der Waals surface area contributed by atoms with Crippen molar-refractivity contribution < 1.29 is 14.6 Å². The van der Waals surface area contributed by atoms with Crippen LogP contribution in [0.1, 0.15) is 70.6 Å². The van der Waals surface area contributed by atoms with Gasteiger partial charge in [0.1, 0.15) is 5.60 Å². The Morgan fingerprint density at radius 1 is 1.34 bits per heavy atom. The summed E-state index contributed by atoms with van der Waals surface area (Å²) < 4.78 is 5.32. The number of nitrogens with one attached hydrogen (secondary N) is 1. The maximum absolute atomic E-state index is 12.0. The third-order valence-electron chi connectivity index (χ3n) is 5.19. The van der Waals surface area contributed by atoms with Gasteiger partial charge < -0.3 is 20.1 Å². The Hall–Kier alpha value is -1.72. The van der Waals surface area contributed by atoms with Gasteiger partial charge in [-0.1, -0.05) is 36.2 Å². The van der Waals surface area contributed by atoms with Gasteiger partial charge in [0.25, 0.3) is 0 Å². The van der Waals surface area contributed by atoms with Gasteiger partial charge in [-0.3, -0.25) is 0 Å². The van der Waals surface area contributed by atoms with Crippen LogP contribution in [0.15, 0.2) is 29.5 Å². The Bertz CT molecular complexity index is 734. The van der Waals surface area contributed by atoms with Crippen LogP contribution in [0, 0.1) is 6.92 Å². The fourth-order valence-electron chi connectivity index (χ4n) is 3.58. The van der Waals surface area contributed by atoms with Crippen LogP contribution >= 0.6 is 11.6 Å². The van der Waals surface area contributed by atoms with Crippen LogP contribution in [0.4, 0.5) is 4.79 Å². The Balaban J connectivity index is 2.09. The average molecular weight is 423 g/mol. The Morgan fingerprint density at radius 2 is 2.03 bits per heavy atom. The van der Waals surface area contributed by atoms with Crippen LogP contribution < -0.4 is 5.32 Å². The van der Waals surface area contributed by atoms with Gasteiger partial charge in [0.2, 0.25) is 0 Å². The van der Waals surface area contributed by atoms with Crippen molar-refractivity contribution in [3.05, 3.63) is 45.6 Å². The van der Waals surface area contributed by atoms with Gasteiger partial charge in [0.05, 0.1) is 6.10 Å². The summed E-state index contributed by atoms with van der Waals surface area (Å²) in [6.45, 7) is 11.1. The van der Waals surface area contributed by atoms with E-state index in [1.807, 2.05) is 45.9 Å². The Kier molecular flexibility index (Phi) is 8.41. The standard InChI is InChI=1S/C23H35ClN2O3/c1-6-20(17-9-7-10-17)26(14-13-25-22(28)29-23(3,4)5)15-21(27)18-11-8-12-19(24)16(18)2/h8,11-12,21,27H,6-7,9-10,13-15H2,1-5H3,(H,25,28). The largest absolute Gasteiger partial charge is 0.444 e. The van der Waals surface area contributed by atoms with E-state index in [-0.39, 0.29) is 0 Å². The number of nitrogens with zero attached hydrogens (tertiary/aromatic N) is 1. The quantitative estimate of drug-likeness (QED) is 0.592. The van der Waals surface area contributed by atoms with Gasteiger partial charge >= 0.3 is 6.09 Å². The summed E-state index contributed by atoms with van der Waals surface area (Å²) in [6.07, 6.45) is 3.29. The molecular weight excluding hydrogens is 388 g/mol. The minimum absolute atomic E-state index is 0.418. The number of carbonyl (C=O) groups is 1. The van der Waals surface area contributed by atoms with E-state index in [4.69, 9.17) is 16.3 Å². The molecule has 5 nitrogen and oxygen atoms in total. The van der Waals surface area contributed by atoms with E-state index in [2.05, 4.69) is 17.1 Å². The summed E-state index contributed by atoms with van der Waals surface area (Å²) in [5, 5.41) is 14.4. The lowest BCUT2D eigenvalue weighted by Crippen LogP contribution is -2.39. The van der Waals surface area contributed by atoms with E-state index >= 15 is 0 Å². The second-order valence-corrected chi connectivity index (χ2v) is 9.01. The highest BCUT2D eigenvalue weighted by Gasteiger charge is 2.23. The zero-order valence-corrected chi connectivity index (χ0v) is 19.1. The van der Waals surface area contributed by atoms with Gasteiger partial charge in [0.15, 0.2) is 0 Å². The lowest BCUT2D eigenvalue weighted by molar-refractivity contribution is 0.0520. The third kappa shape index (κ3) is 6.93. The number of hydrogen-bond acceptors (Lipinski definition) is 4. The predicted octanol–water partition coefficient (Wildman–Crippen LogP) is 5.36. The van der Waals surface area contributed by atoms with E-state index in [1.165, 1.54) is 17.7 Å². The number of benzene rings is 1. The summed E-state index contributed by atoms with van der Waals surface area (Å²) >= 11 is 6.24. The van der Waals surface area contributed by atoms with Crippen LogP contribution in [0.3, 0.4) is 0 Å². The monoisotopic (exact) mass is 422 g/mol. The number of alkyl carbamates (subject to hydrolysis) is 1. The summed E-state index contributed by atoms with van der Waals surface area (Å²) in [6, 6.07) is 5.63. The predicted molar refractivity (Wildman–Crippen MR) is 118 cm³/mol. The lowest BCUT2D eigenvalue weighted by atomic mass is 9.89. The van der Waals surface area contributed by atoms with Gasteiger partial charge in [0, 0.05) is 30.4 Å². The molecule has 1 aromatic carbocycles. The molecule has 1 aromatic rings. The number of aliphatic hydroxyl groups is 1. The first-order valence-corrected chi connectivity index (χ1v) is 10.9. The number of carbonyl (C=O) groups excluding carboxylic acids is 1. The fraction of sp³-hybridized carbons (Fsp3) is 0.609. The summed E-state index contributed by atoms with van der Waals surface area (Å²) in [4.78, 5) is 14.2. The van der Waals surface area contributed by atoms with Crippen molar-refractivity contribution in [3.63, 3.8) is 0 Å². The first kappa shape index (κ1) is 23.6. The zero-order valence-electron chi connectivity index (χ0n) is 18.3. The molecule has 1 fully saturated rings. The SMILES string of the molecule is CCC(=C1CCC1)N(CCNC(=O)OC(C)(C)C)CC(O)c1cccc(Cl)c1C. The van der Waals surface area contributed by atoms with Gasteiger partial charge in [-0.2, -0.15) is 0 Å². The molecule has 0 aliphatic heterocycles. The smallest absolute Gasteiger partial charge is 0.407 e. The number of halogens is 1. The van der Waals surface area contributed by atoms with Crippen LogP contribution in [0.5, 0.6) is 0 Å². The maximum Gasteiger partial charge on any atom is 0.407 e. The molecule has 0 aromatic heterocycles. The topological polar surface area (TPSA) is 61.8 Å². The number of rotatable bonds is 8. The van der Waals surface area contributed by atoms with Crippen LogP contribution in [0.25, 0.3) is 0 Å². The number of aliphatic hydroxyl groups excluding tert-OH is 1. The number of allylic oxidation sites excluding steroid dienone is 2. The van der Waals surface area contributed by atoms with Crippen LogP contribution in [0.2, 0.25) is 5.02 Å². The third-order valence-corrected chi connectivity index (χ3v) is 5.60. The van der Waals surface area contributed by atoms with E-state index in [9.17, 15) is 9.90 Å². The molecule has 2 N–H and O–H groups in total. The average Bonchev–Trinajstić information content (AvgIpc) is 2.57. The molecule has 29 heavy (non-hydrogen) atoms. The van der Waals surface area contributed by atoms with Crippen molar-refractivity contribution in [1.29, 1.82) is 0 Å². The van der Waals surface area contributed by atoms with Crippen molar-refractivity contribution in [3.8, 4) is 0 Å². The number of hydrogen-bond donors (Lipinski definition) is 2. The fourth-order valence-corrected chi connectivity index (χ4v) is 3.76. The van der Waals surface area contributed by atoms with Gasteiger partial charge in [-0.05, 0) is 70.6 Å². The molecule has 1 amide bonds. The van der Waals surface area contributed by atoms with E-state index in [1.54, 1.807) is 0 Å². The Morgan fingerprint density at radius 3 is 2.59 bits per heavy atom. The van der Waals surface area contributed by atoms with Gasteiger partial charge in [-0.25, -0.2) is 4.79 Å². The molecule has 1 saturated carbocycles. The number of ether oxygens (including phenoxy) is 1. The number of amides is 1. The van der Waals surface area contributed by atoms with Crippen molar-refractivity contribution in [2.45, 2.75) is 72.0 Å². The first-order valence-electron chi connectivity index (χ1n) is 10.5. The summed E-state index contributed by atoms with van der Waals surface area (Å²) in [5.41, 5.74) is 3.97. The zero-order chi connectivity index (χ0) is 21.6. The van der Waals surface area contributed by atoms with Crippen LogP contribution in [-0.2, 0) is 4.74 Å². The highest BCUT2D eigenvalue weighted by molar-refractivity contribution is 6.31. The molecule has 162 valence electrons. The molecule has 0 spiro atoms. The molecule has 2 rings (SSSR count). The van der Waals surface area contributed by atoms with Crippen molar-refractivity contribution >= 4 is 17.7 Å². The molecule has 6 heteroatoms. The van der Waals surface area contributed by atoms with Crippen molar-refractivity contribution in [2.75, 3.05) is 19.6 Å². The molecule has 1 atom stereocenters. The Labute approximate surface area is 180 Å². The molecule has 0 heterocycles. The van der Waals surface area contributed by atoms with E-state index in [0.29, 0.717) is 24.7 Å².